The first kappa shape index (κ1) is 13.5. The summed E-state index contributed by atoms with van der Waals surface area (Å²) in [4.78, 5) is 23.1. The molecule has 0 amide bonds. The van der Waals surface area contributed by atoms with Crippen LogP contribution in [-0.4, -0.2) is 10.9 Å². The van der Waals surface area contributed by atoms with Gasteiger partial charge in [0.1, 0.15) is 17.1 Å². The molecule has 4 heteroatoms. The number of ketones is 1. The number of Topliss-reactive ketones (excluding diaryl/α,β-unsaturated/α-hetero) is 1. The molecule has 0 aliphatic carbocycles. The fourth-order valence-electron chi connectivity index (χ4n) is 1.75. The summed E-state index contributed by atoms with van der Waals surface area (Å²) >= 11 is 0. The van der Waals surface area contributed by atoms with E-state index in [4.69, 9.17) is 4.42 Å². The fourth-order valence-corrected chi connectivity index (χ4v) is 1.75. The van der Waals surface area contributed by atoms with Crippen molar-refractivity contribution in [1.82, 2.24) is 0 Å². The van der Waals surface area contributed by atoms with Crippen LogP contribution in [0.1, 0.15) is 62.1 Å². The monoisotopic (exact) mass is 238 g/mol. The maximum Gasteiger partial charge on any atom is 0.350 e. The molecule has 0 saturated heterocycles. The molecule has 0 aliphatic rings. The predicted molar refractivity (Wildman–Crippen MR) is 64.6 cm³/mol. The van der Waals surface area contributed by atoms with Gasteiger partial charge in [-0.2, -0.15) is 0 Å². The second-order valence-corrected chi connectivity index (χ2v) is 4.16. The number of rotatable bonds is 5. The molecule has 17 heavy (non-hydrogen) atoms. The molecule has 1 aromatic heterocycles. The summed E-state index contributed by atoms with van der Waals surface area (Å²) in [5, 5.41) is 9.71. The van der Waals surface area contributed by atoms with Gasteiger partial charge in [0.15, 0.2) is 5.78 Å². The Morgan fingerprint density at radius 3 is 2.59 bits per heavy atom. The Labute approximate surface area is 100 Å². The number of carbonyl (C=O) groups excluding carboxylic acids is 1. The Morgan fingerprint density at radius 1 is 1.47 bits per heavy atom. The van der Waals surface area contributed by atoms with Crippen LogP contribution in [0.5, 0.6) is 5.75 Å². The van der Waals surface area contributed by atoms with E-state index in [2.05, 4.69) is 0 Å². The first-order chi connectivity index (χ1) is 8.01. The molecule has 4 nitrogen and oxygen atoms in total. The highest BCUT2D eigenvalue weighted by molar-refractivity contribution is 5.97. The maximum atomic E-state index is 11.6. The van der Waals surface area contributed by atoms with Gasteiger partial charge in [-0.3, -0.25) is 4.79 Å². The van der Waals surface area contributed by atoms with E-state index in [9.17, 15) is 14.7 Å². The van der Waals surface area contributed by atoms with Crippen LogP contribution in [0.25, 0.3) is 0 Å². The Balaban J connectivity index is 3.18. The van der Waals surface area contributed by atoms with Gasteiger partial charge in [-0.05, 0) is 6.42 Å². The van der Waals surface area contributed by atoms with Crippen LogP contribution in [0, 0.1) is 0 Å². The zero-order valence-corrected chi connectivity index (χ0v) is 10.4. The standard InChI is InChI=1S/C13H18O4/c1-4-6-8(3)11-7-10(15)12(9(14)5-2)13(16)17-11/h7-8,15H,4-6H2,1-3H3. The third-order valence-corrected chi connectivity index (χ3v) is 2.76. The molecular weight excluding hydrogens is 220 g/mol. The van der Waals surface area contributed by atoms with Gasteiger partial charge in [-0.1, -0.05) is 27.2 Å². The summed E-state index contributed by atoms with van der Waals surface area (Å²) in [6.07, 6.45) is 1.99. The smallest absolute Gasteiger partial charge is 0.350 e. The Morgan fingerprint density at radius 2 is 2.12 bits per heavy atom. The summed E-state index contributed by atoms with van der Waals surface area (Å²) < 4.78 is 5.09. The first-order valence-corrected chi connectivity index (χ1v) is 5.91. The summed E-state index contributed by atoms with van der Waals surface area (Å²) in [6.45, 7) is 5.58. The average molecular weight is 238 g/mol. The summed E-state index contributed by atoms with van der Waals surface area (Å²) in [5.41, 5.74) is -0.977. The first-order valence-electron chi connectivity index (χ1n) is 5.91. The highest BCUT2D eigenvalue weighted by Gasteiger charge is 2.19. The molecule has 0 radical (unpaired) electrons. The van der Waals surface area contributed by atoms with Gasteiger partial charge >= 0.3 is 5.63 Å². The summed E-state index contributed by atoms with van der Waals surface area (Å²) in [7, 11) is 0. The van der Waals surface area contributed by atoms with Gasteiger partial charge in [-0.15, -0.1) is 0 Å². The minimum Gasteiger partial charge on any atom is -0.507 e. The van der Waals surface area contributed by atoms with Gasteiger partial charge in [0.2, 0.25) is 0 Å². The number of hydrogen-bond acceptors (Lipinski definition) is 4. The van der Waals surface area contributed by atoms with Crippen LogP contribution in [0.4, 0.5) is 0 Å². The van der Waals surface area contributed by atoms with E-state index in [0.717, 1.165) is 12.8 Å². The Bertz CT molecular complexity index is 459. The topological polar surface area (TPSA) is 67.5 Å². The lowest BCUT2D eigenvalue weighted by Crippen LogP contribution is -2.15. The number of hydrogen-bond donors (Lipinski definition) is 1. The average Bonchev–Trinajstić information content (AvgIpc) is 2.28. The van der Waals surface area contributed by atoms with E-state index in [-0.39, 0.29) is 23.7 Å². The molecule has 1 N–H and O–H groups in total. The van der Waals surface area contributed by atoms with Crippen molar-refractivity contribution in [2.75, 3.05) is 0 Å². The van der Waals surface area contributed by atoms with Gasteiger partial charge < -0.3 is 9.52 Å². The number of aromatic hydroxyl groups is 1. The molecule has 1 unspecified atom stereocenters. The van der Waals surface area contributed by atoms with Crippen LogP contribution in [0.15, 0.2) is 15.3 Å². The van der Waals surface area contributed by atoms with E-state index in [1.807, 2.05) is 13.8 Å². The summed E-state index contributed by atoms with van der Waals surface area (Å²) in [6, 6.07) is 1.38. The molecule has 0 bridgehead atoms. The van der Waals surface area contributed by atoms with Crippen molar-refractivity contribution in [2.45, 2.75) is 46.0 Å². The van der Waals surface area contributed by atoms with Crippen molar-refractivity contribution >= 4 is 5.78 Å². The van der Waals surface area contributed by atoms with Crippen LogP contribution in [0.3, 0.4) is 0 Å². The normalized spacial score (nSPS) is 12.4. The van der Waals surface area contributed by atoms with Gasteiger partial charge in [0.25, 0.3) is 0 Å². The molecule has 0 fully saturated rings. The van der Waals surface area contributed by atoms with Crippen molar-refractivity contribution in [2.24, 2.45) is 0 Å². The van der Waals surface area contributed by atoms with Crippen LogP contribution >= 0.6 is 0 Å². The predicted octanol–water partition coefficient (Wildman–Crippen LogP) is 2.84. The molecule has 0 aliphatic heterocycles. The third-order valence-electron chi connectivity index (χ3n) is 2.76. The lowest BCUT2D eigenvalue weighted by atomic mass is 10.0. The highest BCUT2D eigenvalue weighted by Crippen LogP contribution is 2.24. The molecular formula is C13H18O4. The second kappa shape index (κ2) is 5.66. The molecule has 0 spiro atoms. The quantitative estimate of drug-likeness (QED) is 0.801. The molecule has 1 atom stereocenters. The minimum absolute atomic E-state index is 0.0596. The van der Waals surface area contributed by atoms with E-state index in [0.29, 0.717) is 5.76 Å². The third kappa shape index (κ3) is 2.96. The number of carbonyl (C=O) groups is 1. The van der Waals surface area contributed by atoms with Crippen molar-refractivity contribution < 1.29 is 14.3 Å². The van der Waals surface area contributed by atoms with Crippen molar-refractivity contribution in [3.8, 4) is 5.75 Å². The minimum atomic E-state index is -0.741. The van der Waals surface area contributed by atoms with E-state index in [1.165, 1.54) is 6.07 Å². The zero-order chi connectivity index (χ0) is 13.0. The highest BCUT2D eigenvalue weighted by atomic mass is 16.4. The zero-order valence-electron chi connectivity index (χ0n) is 10.4. The van der Waals surface area contributed by atoms with Crippen molar-refractivity contribution in [3.05, 3.63) is 27.8 Å². The molecule has 1 aromatic rings. The molecule has 0 saturated carbocycles. The van der Waals surface area contributed by atoms with E-state index < -0.39 is 11.4 Å². The summed E-state index contributed by atoms with van der Waals surface area (Å²) in [5.74, 6) is -0.177. The van der Waals surface area contributed by atoms with Crippen molar-refractivity contribution in [3.63, 3.8) is 0 Å². The largest absolute Gasteiger partial charge is 0.507 e. The lowest BCUT2D eigenvalue weighted by Gasteiger charge is -2.10. The fraction of sp³-hybridized carbons (Fsp3) is 0.538. The van der Waals surface area contributed by atoms with Gasteiger partial charge in [-0.25, -0.2) is 4.79 Å². The van der Waals surface area contributed by atoms with Gasteiger partial charge in [0, 0.05) is 18.4 Å². The van der Waals surface area contributed by atoms with Crippen LogP contribution in [0.2, 0.25) is 0 Å². The SMILES string of the molecule is CCCC(C)c1cc(O)c(C(=O)CC)c(=O)o1. The van der Waals surface area contributed by atoms with Crippen molar-refractivity contribution in [1.29, 1.82) is 0 Å². The Kier molecular flexibility index (Phi) is 4.49. The second-order valence-electron chi connectivity index (χ2n) is 4.16. The Hall–Kier alpha value is -1.58. The lowest BCUT2D eigenvalue weighted by molar-refractivity contribution is 0.0980. The van der Waals surface area contributed by atoms with E-state index >= 15 is 0 Å². The van der Waals surface area contributed by atoms with Gasteiger partial charge in [0.05, 0.1) is 0 Å². The van der Waals surface area contributed by atoms with Crippen LogP contribution in [-0.2, 0) is 0 Å². The molecule has 94 valence electrons. The van der Waals surface area contributed by atoms with Crippen LogP contribution < -0.4 is 5.63 Å². The molecule has 1 rings (SSSR count). The molecule has 0 aromatic carbocycles. The maximum absolute atomic E-state index is 11.6. The van der Waals surface area contributed by atoms with E-state index in [1.54, 1.807) is 6.92 Å². The molecule has 1 heterocycles.